The number of hydrogen-bond acceptors (Lipinski definition) is 2. The Morgan fingerprint density at radius 2 is 2.00 bits per heavy atom. The summed E-state index contributed by atoms with van der Waals surface area (Å²) in [4.78, 5) is 13.5. The van der Waals surface area contributed by atoms with Crippen LogP contribution in [0, 0.1) is 5.92 Å². The largest absolute Gasteiger partial charge is 0.369 e. The SMILES string of the molecule is CN(C)C(C)(C)c1ccc2c(c1)CCC(C(N)=O)C2. The van der Waals surface area contributed by atoms with E-state index in [0.717, 1.165) is 19.3 Å². The first-order chi connectivity index (χ1) is 8.82. The van der Waals surface area contributed by atoms with E-state index in [1.165, 1.54) is 16.7 Å². The van der Waals surface area contributed by atoms with E-state index >= 15 is 0 Å². The van der Waals surface area contributed by atoms with Crippen molar-refractivity contribution in [3.05, 3.63) is 34.9 Å². The quantitative estimate of drug-likeness (QED) is 0.904. The molecular formula is C16H24N2O. The molecule has 3 heteroatoms. The summed E-state index contributed by atoms with van der Waals surface area (Å²) in [6.45, 7) is 4.45. The van der Waals surface area contributed by atoms with Crippen LogP contribution < -0.4 is 5.73 Å². The van der Waals surface area contributed by atoms with E-state index < -0.39 is 0 Å². The van der Waals surface area contributed by atoms with Gasteiger partial charge >= 0.3 is 0 Å². The number of fused-ring (bicyclic) bond motifs is 1. The van der Waals surface area contributed by atoms with Crippen molar-refractivity contribution in [2.75, 3.05) is 14.1 Å². The average Bonchev–Trinajstić information content (AvgIpc) is 2.37. The van der Waals surface area contributed by atoms with Crippen molar-refractivity contribution in [1.29, 1.82) is 0 Å². The highest BCUT2D eigenvalue weighted by Gasteiger charge is 2.27. The number of nitrogens with two attached hydrogens (primary N) is 1. The van der Waals surface area contributed by atoms with Crippen molar-refractivity contribution in [1.82, 2.24) is 4.90 Å². The maximum atomic E-state index is 11.3. The Morgan fingerprint density at radius 1 is 1.32 bits per heavy atom. The standard InChI is InChI=1S/C16H24N2O/c1-16(2,18(3)4)14-8-7-11-9-13(15(17)19)6-5-12(11)10-14/h7-8,10,13H,5-6,9H2,1-4H3,(H2,17,19). The van der Waals surface area contributed by atoms with E-state index in [-0.39, 0.29) is 17.4 Å². The Labute approximate surface area is 115 Å². The van der Waals surface area contributed by atoms with Crippen molar-refractivity contribution in [3.63, 3.8) is 0 Å². The summed E-state index contributed by atoms with van der Waals surface area (Å²) in [6.07, 6.45) is 2.64. The first kappa shape index (κ1) is 14.1. The molecular weight excluding hydrogens is 236 g/mol. The minimum atomic E-state index is -0.164. The van der Waals surface area contributed by atoms with Crippen molar-refractivity contribution in [3.8, 4) is 0 Å². The van der Waals surface area contributed by atoms with Crippen molar-refractivity contribution in [2.45, 2.75) is 38.6 Å². The van der Waals surface area contributed by atoms with Crippen LogP contribution >= 0.6 is 0 Å². The maximum absolute atomic E-state index is 11.3. The van der Waals surface area contributed by atoms with Crippen molar-refractivity contribution >= 4 is 5.91 Å². The fraction of sp³-hybridized carbons (Fsp3) is 0.562. The molecule has 0 saturated heterocycles. The summed E-state index contributed by atoms with van der Waals surface area (Å²) in [5, 5.41) is 0. The Kier molecular flexibility index (Phi) is 3.68. The minimum Gasteiger partial charge on any atom is -0.369 e. The van der Waals surface area contributed by atoms with Gasteiger partial charge < -0.3 is 10.6 Å². The summed E-state index contributed by atoms with van der Waals surface area (Å²) < 4.78 is 0. The lowest BCUT2D eigenvalue weighted by Crippen LogP contribution is -2.35. The van der Waals surface area contributed by atoms with Gasteiger partial charge in [-0.2, -0.15) is 0 Å². The first-order valence-corrected chi connectivity index (χ1v) is 6.91. The molecule has 1 aliphatic carbocycles. The highest BCUT2D eigenvalue weighted by atomic mass is 16.1. The zero-order chi connectivity index (χ0) is 14.2. The maximum Gasteiger partial charge on any atom is 0.220 e. The van der Waals surface area contributed by atoms with Crippen LogP contribution in [0.5, 0.6) is 0 Å². The van der Waals surface area contributed by atoms with Gasteiger partial charge in [-0.25, -0.2) is 0 Å². The van der Waals surface area contributed by atoms with Crippen LogP contribution in [0.1, 0.15) is 37.0 Å². The fourth-order valence-corrected chi connectivity index (χ4v) is 2.64. The Hall–Kier alpha value is -1.35. The molecule has 19 heavy (non-hydrogen) atoms. The predicted octanol–water partition coefficient (Wildman–Crippen LogP) is 2.07. The van der Waals surface area contributed by atoms with E-state index in [0.29, 0.717) is 0 Å². The average molecular weight is 260 g/mol. The van der Waals surface area contributed by atoms with Gasteiger partial charge in [0.1, 0.15) is 0 Å². The van der Waals surface area contributed by atoms with Gasteiger partial charge in [-0.15, -0.1) is 0 Å². The molecule has 0 saturated carbocycles. The van der Waals surface area contributed by atoms with Crippen LogP contribution in [0.3, 0.4) is 0 Å². The summed E-state index contributed by atoms with van der Waals surface area (Å²) in [7, 11) is 4.20. The molecule has 1 atom stereocenters. The molecule has 0 aliphatic heterocycles. The van der Waals surface area contributed by atoms with Crippen LogP contribution in [-0.2, 0) is 23.2 Å². The number of primary amides is 1. The van der Waals surface area contributed by atoms with Gasteiger partial charge in [0.05, 0.1) is 0 Å². The number of amides is 1. The van der Waals surface area contributed by atoms with Crippen molar-refractivity contribution in [2.24, 2.45) is 11.7 Å². The summed E-state index contributed by atoms with van der Waals surface area (Å²) in [5.41, 5.74) is 9.43. The number of rotatable bonds is 3. The zero-order valence-corrected chi connectivity index (χ0v) is 12.4. The minimum absolute atomic E-state index is 0.0141. The monoisotopic (exact) mass is 260 g/mol. The number of aryl methyl sites for hydroxylation is 1. The number of carbonyl (C=O) groups is 1. The molecule has 0 bridgehead atoms. The number of benzene rings is 1. The van der Waals surface area contributed by atoms with E-state index in [1.54, 1.807) is 0 Å². The molecule has 2 N–H and O–H groups in total. The van der Waals surface area contributed by atoms with E-state index in [9.17, 15) is 4.79 Å². The molecule has 1 aromatic rings. The summed E-state index contributed by atoms with van der Waals surface area (Å²) in [5.74, 6) is -0.149. The topological polar surface area (TPSA) is 46.3 Å². The molecule has 0 radical (unpaired) electrons. The Bertz CT molecular complexity index is 492. The van der Waals surface area contributed by atoms with Crippen molar-refractivity contribution < 1.29 is 4.79 Å². The van der Waals surface area contributed by atoms with E-state index in [1.807, 2.05) is 0 Å². The van der Waals surface area contributed by atoms with Crippen LogP contribution in [0.25, 0.3) is 0 Å². The Morgan fingerprint density at radius 3 is 2.58 bits per heavy atom. The molecule has 0 spiro atoms. The molecule has 1 aromatic carbocycles. The third-order valence-corrected chi connectivity index (χ3v) is 4.66. The normalized spacial score (nSPS) is 19.3. The second-order valence-electron chi connectivity index (χ2n) is 6.28. The van der Waals surface area contributed by atoms with Gasteiger partial charge in [0, 0.05) is 11.5 Å². The third kappa shape index (κ3) is 2.66. The van der Waals surface area contributed by atoms with Gasteiger partial charge in [-0.05, 0) is 63.9 Å². The van der Waals surface area contributed by atoms with Crippen LogP contribution in [0.4, 0.5) is 0 Å². The van der Waals surface area contributed by atoms with Gasteiger partial charge in [0.15, 0.2) is 0 Å². The molecule has 1 unspecified atom stereocenters. The highest BCUT2D eigenvalue weighted by Crippen LogP contribution is 2.31. The van der Waals surface area contributed by atoms with Gasteiger partial charge in [-0.3, -0.25) is 4.79 Å². The molecule has 0 aromatic heterocycles. The zero-order valence-electron chi connectivity index (χ0n) is 12.4. The van der Waals surface area contributed by atoms with Gasteiger partial charge in [0.25, 0.3) is 0 Å². The Balaban J connectivity index is 2.30. The third-order valence-electron chi connectivity index (χ3n) is 4.66. The van der Waals surface area contributed by atoms with E-state index in [2.05, 4.69) is 51.0 Å². The summed E-state index contributed by atoms with van der Waals surface area (Å²) >= 11 is 0. The molecule has 1 amide bonds. The predicted molar refractivity (Wildman–Crippen MR) is 77.9 cm³/mol. The lowest BCUT2D eigenvalue weighted by molar-refractivity contribution is -0.122. The fourth-order valence-electron chi connectivity index (χ4n) is 2.64. The molecule has 0 heterocycles. The molecule has 2 rings (SSSR count). The summed E-state index contributed by atoms with van der Waals surface area (Å²) in [6, 6.07) is 6.65. The van der Waals surface area contributed by atoms with E-state index in [4.69, 9.17) is 5.73 Å². The highest BCUT2D eigenvalue weighted by molar-refractivity contribution is 5.77. The van der Waals surface area contributed by atoms with Crippen LogP contribution in [0.15, 0.2) is 18.2 Å². The lowest BCUT2D eigenvalue weighted by atomic mass is 9.80. The van der Waals surface area contributed by atoms with Gasteiger partial charge in [0.2, 0.25) is 5.91 Å². The second kappa shape index (κ2) is 4.97. The number of hydrogen-bond donors (Lipinski definition) is 1. The number of carbonyl (C=O) groups excluding carboxylic acids is 1. The number of nitrogens with zero attached hydrogens (tertiary/aromatic N) is 1. The van der Waals surface area contributed by atoms with Crippen LogP contribution in [0.2, 0.25) is 0 Å². The molecule has 3 nitrogen and oxygen atoms in total. The smallest absolute Gasteiger partial charge is 0.220 e. The van der Waals surface area contributed by atoms with Gasteiger partial charge in [-0.1, -0.05) is 18.2 Å². The first-order valence-electron chi connectivity index (χ1n) is 6.91. The molecule has 0 fully saturated rings. The molecule has 1 aliphatic rings. The lowest BCUT2D eigenvalue weighted by Gasteiger charge is -2.34. The van der Waals surface area contributed by atoms with Crippen LogP contribution in [-0.4, -0.2) is 24.9 Å². The molecule has 104 valence electrons. The second-order valence-corrected chi connectivity index (χ2v) is 6.28.